The van der Waals surface area contributed by atoms with E-state index in [9.17, 15) is 0 Å². The fourth-order valence-electron chi connectivity index (χ4n) is 2.29. The lowest BCUT2D eigenvalue weighted by atomic mass is 10.1. The van der Waals surface area contributed by atoms with Crippen LogP contribution in [-0.2, 0) is 6.54 Å². The van der Waals surface area contributed by atoms with Crippen LogP contribution in [0.2, 0.25) is 5.02 Å². The predicted octanol–water partition coefficient (Wildman–Crippen LogP) is 4.96. The molecule has 1 aromatic carbocycles. The van der Waals surface area contributed by atoms with Crippen molar-refractivity contribution in [3.8, 4) is 0 Å². The molecule has 0 aliphatic rings. The molecule has 0 bridgehead atoms. The van der Waals surface area contributed by atoms with Crippen molar-refractivity contribution >= 4 is 17.3 Å². The number of benzene rings is 1. The molecule has 2 nitrogen and oxygen atoms in total. The van der Waals surface area contributed by atoms with Gasteiger partial charge < -0.3 is 10.2 Å². The molecule has 0 aromatic heterocycles. The van der Waals surface area contributed by atoms with Crippen molar-refractivity contribution in [3.63, 3.8) is 0 Å². The first-order valence-corrected chi connectivity index (χ1v) is 8.59. The van der Waals surface area contributed by atoms with Crippen LogP contribution in [0.3, 0.4) is 0 Å². The third kappa shape index (κ3) is 6.27. The highest BCUT2D eigenvalue weighted by molar-refractivity contribution is 6.31. The summed E-state index contributed by atoms with van der Waals surface area (Å²) in [6, 6.07) is 6.47. The molecule has 0 spiro atoms. The highest BCUT2D eigenvalue weighted by Crippen LogP contribution is 2.24. The zero-order valence-corrected chi connectivity index (χ0v) is 15.0. The molecule has 1 atom stereocenters. The Morgan fingerprint density at radius 1 is 1.19 bits per heavy atom. The van der Waals surface area contributed by atoms with Crippen molar-refractivity contribution in [2.45, 2.75) is 47.6 Å². The highest BCUT2D eigenvalue weighted by atomic mass is 35.5. The Morgan fingerprint density at radius 3 is 2.43 bits per heavy atom. The highest BCUT2D eigenvalue weighted by Gasteiger charge is 2.10. The molecule has 1 aromatic rings. The molecule has 3 heteroatoms. The van der Waals surface area contributed by atoms with E-state index < -0.39 is 0 Å². The van der Waals surface area contributed by atoms with Gasteiger partial charge in [0.25, 0.3) is 0 Å². The Balaban J connectivity index is 2.71. The molecule has 0 radical (unpaired) electrons. The van der Waals surface area contributed by atoms with Crippen LogP contribution in [0.5, 0.6) is 0 Å². The average Bonchev–Trinajstić information content (AvgIpc) is 2.45. The molecule has 0 aliphatic carbocycles. The van der Waals surface area contributed by atoms with Gasteiger partial charge in [-0.15, -0.1) is 0 Å². The molecule has 0 saturated carbocycles. The number of hydrogen-bond acceptors (Lipinski definition) is 2. The van der Waals surface area contributed by atoms with E-state index in [0.29, 0.717) is 11.8 Å². The van der Waals surface area contributed by atoms with Crippen LogP contribution in [0.4, 0.5) is 5.69 Å². The molecular formula is C18H31ClN2. The van der Waals surface area contributed by atoms with E-state index in [1.165, 1.54) is 17.7 Å². The van der Waals surface area contributed by atoms with Crippen LogP contribution in [0.25, 0.3) is 0 Å². The van der Waals surface area contributed by atoms with E-state index in [2.05, 4.69) is 63.0 Å². The minimum atomic E-state index is 0.661. The third-order valence-electron chi connectivity index (χ3n) is 3.88. The van der Waals surface area contributed by atoms with Gasteiger partial charge in [-0.05, 0) is 43.0 Å². The van der Waals surface area contributed by atoms with Crippen LogP contribution < -0.4 is 10.2 Å². The van der Waals surface area contributed by atoms with E-state index in [-0.39, 0.29) is 0 Å². The standard InChI is InChI=1S/C18H31ClN2/c1-6-15(5)13-21(7-2)17-9-8-16(18(19)10-17)12-20-11-14(3)4/h8-10,14-15,20H,6-7,11-13H2,1-5H3. The molecule has 1 unspecified atom stereocenters. The van der Waals surface area contributed by atoms with Gasteiger partial charge in [0.2, 0.25) is 0 Å². The molecule has 0 fully saturated rings. The van der Waals surface area contributed by atoms with Crippen molar-refractivity contribution in [2.75, 3.05) is 24.5 Å². The average molecular weight is 311 g/mol. The zero-order valence-electron chi connectivity index (χ0n) is 14.2. The van der Waals surface area contributed by atoms with Crippen molar-refractivity contribution in [1.29, 1.82) is 0 Å². The maximum atomic E-state index is 6.45. The van der Waals surface area contributed by atoms with Crippen LogP contribution in [0.1, 0.15) is 46.6 Å². The van der Waals surface area contributed by atoms with Crippen LogP contribution in [-0.4, -0.2) is 19.6 Å². The first-order valence-electron chi connectivity index (χ1n) is 8.21. The van der Waals surface area contributed by atoms with Crippen molar-refractivity contribution in [1.82, 2.24) is 5.32 Å². The van der Waals surface area contributed by atoms with Gasteiger partial charge in [-0.2, -0.15) is 0 Å². The van der Waals surface area contributed by atoms with E-state index >= 15 is 0 Å². The summed E-state index contributed by atoms with van der Waals surface area (Å²) in [4.78, 5) is 2.41. The Labute approximate surface area is 135 Å². The van der Waals surface area contributed by atoms with Gasteiger partial charge in [0.1, 0.15) is 0 Å². The SMILES string of the molecule is CCC(C)CN(CC)c1ccc(CNCC(C)C)c(Cl)c1. The normalized spacial score (nSPS) is 12.7. The van der Waals surface area contributed by atoms with Gasteiger partial charge >= 0.3 is 0 Å². The first kappa shape index (κ1) is 18.3. The predicted molar refractivity (Wildman–Crippen MR) is 95.3 cm³/mol. The number of nitrogens with zero attached hydrogens (tertiary/aromatic N) is 1. The van der Waals surface area contributed by atoms with Crippen molar-refractivity contribution in [2.24, 2.45) is 11.8 Å². The van der Waals surface area contributed by atoms with Gasteiger partial charge in [-0.3, -0.25) is 0 Å². The number of rotatable bonds is 9. The monoisotopic (exact) mass is 310 g/mol. The lowest BCUT2D eigenvalue weighted by Crippen LogP contribution is -2.28. The van der Waals surface area contributed by atoms with Gasteiger partial charge in [0.15, 0.2) is 0 Å². The summed E-state index contributed by atoms with van der Waals surface area (Å²) in [6.07, 6.45) is 1.21. The Morgan fingerprint density at radius 2 is 1.90 bits per heavy atom. The van der Waals surface area contributed by atoms with Gasteiger partial charge in [0, 0.05) is 30.3 Å². The molecule has 0 amide bonds. The third-order valence-corrected chi connectivity index (χ3v) is 4.23. The molecule has 1 rings (SSSR count). The molecule has 0 saturated heterocycles. The van der Waals surface area contributed by atoms with Gasteiger partial charge in [0.05, 0.1) is 0 Å². The number of halogens is 1. The van der Waals surface area contributed by atoms with E-state index in [0.717, 1.165) is 31.2 Å². The Bertz CT molecular complexity index is 418. The summed E-state index contributed by atoms with van der Waals surface area (Å²) >= 11 is 6.45. The van der Waals surface area contributed by atoms with Crippen molar-refractivity contribution in [3.05, 3.63) is 28.8 Å². The maximum Gasteiger partial charge on any atom is 0.0471 e. The zero-order chi connectivity index (χ0) is 15.8. The van der Waals surface area contributed by atoms with Gasteiger partial charge in [-0.1, -0.05) is 51.8 Å². The summed E-state index contributed by atoms with van der Waals surface area (Å²) in [5.41, 5.74) is 2.41. The lowest BCUT2D eigenvalue weighted by Gasteiger charge is -2.26. The quantitative estimate of drug-likeness (QED) is 0.693. The van der Waals surface area contributed by atoms with E-state index in [1.54, 1.807) is 0 Å². The van der Waals surface area contributed by atoms with E-state index in [1.807, 2.05) is 0 Å². The molecule has 0 heterocycles. The molecule has 120 valence electrons. The molecule has 1 N–H and O–H groups in total. The Kier molecular flexibility index (Phi) is 8.13. The summed E-state index contributed by atoms with van der Waals surface area (Å²) in [5, 5.41) is 4.31. The largest absolute Gasteiger partial charge is 0.372 e. The maximum absolute atomic E-state index is 6.45. The molecule has 0 aliphatic heterocycles. The second-order valence-electron chi connectivity index (χ2n) is 6.35. The van der Waals surface area contributed by atoms with Gasteiger partial charge in [-0.25, -0.2) is 0 Å². The van der Waals surface area contributed by atoms with Crippen LogP contribution in [0.15, 0.2) is 18.2 Å². The summed E-state index contributed by atoms with van der Waals surface area (Å²) < 4.78 is 0. The second-order valence-corrected chi connectivity index (χ2v) is 6.76. The smallest absolute Gasteiger partial charge is 0.0471 e. The fraction of sp³-hybridized carbons (Fsp3) is 0.667. The summed E-state index contributed by atoms with van der Waals surface area (Å²) in [5.74, 6) is 1.37. The second kappa shape index (κ2) is 9.32. The fourth-order valence-corrected chi connectivity index (χ4v) is 2.54. The number of hydrogen-bond donors (Lipinski definition) is 1. The van der Waals surface area contributed by atoms with Crippen molar-refractivity contribution < 1.29 is 0 Å². The molecular weight excluding hydrogens is 280 g/mol. The summed E-state index contributed by atoms with van der Waals surface area (Å²) in [6.45, 7) is 15.1. The number of nitrogens with one attached hydrogen (secondary N) is 1. The first-order chi connectivity index (χ1) is 9.97. The van der Waals surface area contributed by atoms with E-state index in [4.69, 9.17) is 11.6 Å². The number of anilines is 1. The minimum Gasteiger partial charge on any atom is -0.372 e. The van der Waals surface area contributed by atoms with Crippen LogP contribution >= 0.6 is 11.6 Å². The lowest BCUT2D eigenvalue weighted by molar-refractivity contribution is 0.547. The molecule has 21 heavy (non-hydrogen) atoms. The summed E-state index contributed by atoms with van der Waals surface area (Å²) in [7, 11) is 0. The Hall–Kier alpha value is -0.730. The van der Waals surface area contributed by atoms with Crippen LogP contribution in [0, 0.1) is 11.8 Å². The topological polar surface area (TPSA) is 15.3 Å². The minimum absolute atomic E-state index is 0.661.